The Morgan fingerprint density at radius 2 is 1.88 bits per heavy atom. The Bertz CT molecular complexity index is 465. The molecule has 0 atom stereocenters. The fourth-order valence-corrected chi connectivity index (χ4v) is 2.47. The van der Waals surface area contributed by atoms with Gasteiger partial charge in [-0.1, -0.05) is 0 Å². The van der Waals surface area contributed by atoms with Crippen LogP contribution in [0.2, 0.25) is 0 Å². The zero-order valence-corrected chi connectivity index (χ0v) is 15.1. The van der Waals surface area contributed by atoms with E-state index in [0.717, 1.165) is 50.8 Å². The molecule has 0 saturated carbocycles. The van der Waals surface area contributed by atoms with Gasteiger partial charge in [-0.3, -0.25) is 9.69 Å². The lowest BCUT2D eigenvalue weighted by molar-refractivity contribution is -0.121. The largest absolute Gasteiger partial charge is 0.497 e. The van der Waals surface area contributed by atoms with Crippen LogP contribution in [0.4, 0.5) is 0 Å². The highest BCUT2D eigenvalue weighted by atomic mass is 35.5. The molecule has 1 aromatic rings. The minimum Gasteiger partial charge on any atom is -0.497 e. The van der Waals surface area contributed by atoms with Crippen molar-refractivity contribution in [1.29, 1.82) is 0 Å². The van der Waals surface area contributed by atoms with Gasteiger partial charge in [-0.15, -0.1) is 12.4 Å². The molecule has 1 aliphatic rings. The van der Waals surface area contributed by atoms with Gasteiger partial charge in [-0.2, -0.15) is 0 Å². The molecule has 1 amide bonds. The molecular weight excluding hydrogens is 330 g/mol. The van der Waals surface area contributed by atoms with Crippen LogP contribution in [-0.2, 0) is 4.79 Å². The summed E-state index contributed by atoms with van der Waals surface area (Å²) in [6.07, 6.45) is 1.21. The summed E-state index contributed by atoms with van der Waals surface area (Å²) in [5, 5.41) is 6.29. The number of amides is 1. The van der Waals surface area contributed by atoms with Crippen molar-refractivity contribution in [2.45, 2.75) is 12.8 Å². The van der Waals surface area contributed by atoms with Crippen molar-refractivity contribution in [3.05, 3.63) is 24.3 Å². The van der Waals surface area contributed by atoms with Gasteiger partial charge < -0.3 is 20.1 Å². The van der Waals surface area contributed by atoms with E-state index in [9.17, 15) is 4.79 Å². The van der Waals surface area contributed by atoms with E-state index in [2.05, 4.69) is 15.5 Å². The molecule has 2 N–H and O–H groups in total. The van der Waals surface area contributed by atoms with Crippen LogP contribution in [0.25, 0.3) is 0 Å². The first-order valence-corrected chi connectivity index (χ1v) is 8.24. The molecule has 1 heterocycles. The van der Waals surface area contributed by atoms with Crippen LogP contribution in [0.5, 0.6) is 11.5 Å². The minimum atomic E-state index is 0. The van der Waals surface area contributed by atoms with Gasteiger partial charge in [0.15, 0.2) is 0 Å². The number of benzene rings is 1. The van der Waals surface area contributed by atoms with E-state index in [1.54, 1.807) is 7.11 Å². The molecule has 136 valence electrons. The first kappa shape index (κ1) is 20.5. The average Bonchev–Trinajstić information content (AvgIpc) is 2.60. The number of methoxy groups -OCH3 is 1. The number of ether oxygens (including phenoxy) is 2. The Morgan fingerprint density at radius 3 is 2.54 bits per heavy atom. The van der Waals surface area contributed by atoms with Gasteiger partial charge in [0, 0.05) is 45.7 Å². The van der Waals surface area contributed by atoms with Gasteiger partial charge in [0.05, 0.1) is 13.7 Å². The normalized spacial score (nSPS) is 14.5. The van der Waals surface area contributed by atoms with Crippen molar-refractivity contribution in [2.24, 2.45) is 0 Å². The van der Waals surface area contributed by atoms with E-state index < -0.39 is 0 Å². The van der Waals surface area contributed by atoms with Crippen molar-refractivity contribution < 1.29 is 14.3 Å². The van der Waals surface area contributed by atoms with E-state index in [0.29, 0.717) is 19.4 Å². The molecule has 0 aliphatic carbocycles. The van der Waals surface area contributed by atoms with E-state index in [-0.39, 0.29) is 18.3 Å². The molecule has 0 unspecified atom stereocenters. The third-order valence-electron chi connectivity index (χ3n) is 3.84. The van der Waals surface area contributed by atoms with E-state index in [4.69, 9.17) is 9.47 Å². The third-order valence-corrected chi connectivity index (χ3v) is 3.84. The summed E-state index contributed by atoms with van der Waals surface area (Å²) in [4.78, 5) is 14.1. The lowest BCUT2D eigenvalue weighted by Gasteiger charge is -2.27. The summed E-state index contributed by atoms with van der Waals surface area (Å²) in [5.74, 6) is 1.70. The summed E-state index contributed by atoms with van der Waals surface area (Å²) in [5.41, 5.74) is 0. The maximum absolute atomic E-state index is 11.8. The lowest BCUT2D eigenvalue weighted by Crippen LogP contribution is -2.46. The Labute approximate surface area is 150 Å². The maximum atomic E-state index is 11.8. The number of rotatable bonds is 9. The fourth-order valence-electron chi connectivity index (χ4n) is 2.47. The first-order chi connectivity index (χ1) is 11.3. The molecule has 1 saturated heterocycles. The third kappa shape index (κ3) is 7.86. The number of nitrogens with zero attached hydrogens (tertiary/aromatic N) is 1. The number of carbonyl (C=O) groups excluding carboxylic acids is 1. The highest BCUT2D eigenvalue weighted by molar-refractivity contribution is 5.85. The van der Waals surface area contributed by atoms with E-state index in [1.165, 1.54) is 0 Å². The molecule has 0 aromatic heterocycles. The van der Waals surface area contributed by atoms with Crippen molar-refractivity contribution in [3.63, 3.8) is 0 Å². The molecule has 24 heavy (non-hydrogen) atoms. The fraction of sp³-hybridized carbons (Fsp3) is 0.588. The molecule has 6 nitrogen and oxygen atoms in total. The molecular formula is C17H28ClN3O3. The summed E-state index contributed by atoms with van der Waals surface area (Å²) in [6.45, 7) is 6.38. The summed E-state index contributed by atoms with van der Waals surface area (Å²) < 4.78 is 10.7. The zero-order chi connectivity index (χ0) is 16.3. The predicted octanol–water partition coefficient (Wildman–Crippen LogP) is 1.30. The van der Waals surface area contributed by atoms with Gasteiger partial charge in [0.25, 0.3) is 0 Å². The van der Waals surface area contributed by atoms with Crippen LogP contribution in [0.3, 0.4) is 0 Å². The number of halogens is 1. The van der Waals surface area contributed by atoms with Crippen LogP contribution in [0.1, 0.15) is 12.8 Å². The van der Waals surface area contributed by atoms with Crippen molar-refractivity contribution >= 4 is 18.3 Å². The monoisotopic (exact) mass is 357 g/mol. The lowest BCUT2D eigenvalue weighted by atomic mass is 10.3. The van der Waals surface area contributed by atoms with Crippen LogP contribution in [0.15, 0.2) is 24.3 Å². The quantitative estimate of drug-likeness (QED) is 0.652. The van der Waals surface area contributed by atoms with Gasteiger partial charge in [-0.05, 0) is 30.7 Å². The van der Waals surface area contributed by atoms with Crippen LogP contribution >= 0.6 is 12.4 Å². The Kier molecular flexibility index (Phi) is 10.2. The Hall–Kier alpha value is -1.50. The summed E-state index contributed by atoms with van der Waals surface area (Å²) in [6, 6.07) is 7.45. The molecule has 2 rings (SSSR count). The zero-order valence-electron chi connectivity index (χ0n) is 14.3. The number of hydrogen-bond acceptors (Lipinski definition) is 5. The molecule has 1 aliphatic heterocycles. The topological polar surface area (TPSA) is 62.8 Å². The Morgan fingerprint density at radius 1 is 1.21 bits per heavy atom. The molecule has 1 fully saturated rings. The molecule has 0 bridgehead atoms. The summed E-state index contributed by atoms with van der Waals surface area (Å²) >= 11 is 0. The molecule has 0 radical (unpaired) electrons. The molecule has 1 aromatic carbocycles. The average molecular weight is 358 g/mol. The number of piperazine rings is 1. The van der Waals surface area contributed by atoms with Gasteiger partial charge in [-0.25, -0.2) is 0 Å². The number of nitrogens with one attached hydrogen (secondary N) is 2. The van der Waals surface area contributed by atoms with Crippen LogP contribution in [-0.4, -0.2) is 63.8 Å². The highest BCUT2D eigenvalue weighted by Crippen LogP contribution is 2.17. The van der Waals surface area contributed by atoms with Crippen molar-refractivity contribution in [3.8, 4) is 11.5 Å². The van der Waals surface area contributed by atoms with Gasteiger partial charge in [0.1, 0.15) is 11.5 Å². The molecule has 7 heteroatoms. The molecule has 0 spiro atoms. The smallest absolute Gasteiger partial charge is 0.220 e. The summed E-state index contributed by atoms with van der Waals surface area (Å²) in [7, 11) is 1.64. The highest BCUT2D eigenvalue weighted by Gasteiger charge is 2.09. The first-order valence-electron chi connectivity index (χ1n) is 8.24. The van der Waals surface area contributed by atoms with Gasteiger partial charge >= 0.3 is 0 Å². The van der Waals surface area contributed by atoms with E-state index in [1.807, 2.05) is 24.3 Å². The second-order valence-corrected chi connectivity index (χ2v) is 5.57. The standard InChI is InChI=1S/C17H27N3O3.ClH/c1-22-15-4-6-16(7-5-15)23-14-2-3-17(21)19-10-13-20-11-8-18-9-12-20;/h4-7,18H,2-3,8-14H2,1H3,(H,19,21);1H. The van der Waals surface area contributed by atoms with Crippen molar-refractivity contribution in [1.82, 2.24) is 15.5 Å². The second kappa shape index (κ2) is 11.9. The predicted molar refractivity (Wildman–Crippen MR) is 97.3 cm³/mol. The SMILES string of the molecule is COc1ccc(OCCCC(=O)NCCN2CCNCC2)cc1.Cl. The number of hydrogen-bond donors (Lipinski definition) is 2. The van der Waals surface area contributed by atoms with Crippen LogP contribution < -0.4 is 20.1 Å². The second-order valence-electron chi connectivity index (χ2n) is 5.57. The number of carbonyl (C=O) groups is 1. The van der Waals surface area contributed by atoms with Crippen LogP contribution in [0, 0.1) is 0 Å². The Balaban J connectivity index is 0.00000288. The van der Waals surface area contributed by atoms with Crippen molar-refractivity contribution in [2.75, 3.05) is 53.0 Å². The maximum Gasteiger partial charge on any atom is 0.220 e. The van der Waals surface area contributed by atoms with Gasteiger partial charge in [0.2, 0.25) is 5.91 Å². The van der Waals surface area contributed by atoms with E-state index >= 15 is 0 Å². The minimum absolute atomic E-state index is 0.